The highest BCUT2D eigenvalue weighted by Crippen LogP contribution is 2.34. The molecule has 1 atom stereocenters. The molecule has 0 radical (unpaired) electrons. The Hall–Kier alpha value is -3.70. The van der Waals surface area contributed by atoms with E-state index in [0.29, 0.717) is 31.4 Å². The Morgan fingerprint density at radius 2 is 2.11 bits per heavy atom. The van der Waals surface area contributed by atoms with Crippen molar-refractivity contribution in [2.75, 3.05) is 26.9 Å². The molecule has 2 N–H and O–H groups in total. The number of nitrogens with one attached hydrogen (secondary N) is 1. The number of aromatic amines is 1. The van der Waals surface area contributed by atoms with Crippen LogP contribution in [-0.2, 0) is 20.1 Å². The van der Waals surface area contributed by atoms with Crippen molar-refractivity contribution in [3.8, 4) is 22.9 Å². The number of aryl methyl sites for hydroxylation is 1. The van der Waals surface area contributed by atoms with Crippen molar-refractivity contribution in [1.82, 2.24) is 34.7 Å². The van der Waals surface area contributed by atoms with Crippen LogP contribution < -0.4 is 9.47 Å². The second-order valence-electron chi connectivity index (χ2n) is 9.56. The molecule has 1 aromatic carbocycles. The lowest BCUT2D eigenvalue weighted by atomic mass is 10.1. The molecule has 3 aromatic heterocycles. The Balaban J connectivity index is 1.69. The monoisotopic (exact) mass is 509 g/mol. The lowest BCUT2D eigenvalue weighted by Gasteiger charge is -2.24. The molecule has 2 bridgehead atoms. The van der Waals surface area contributed by atoms with Gasteiger partial charge < -0.3 is 14.6 Å². The molecule has 5 rings (SSSR count). The summed E-state index contributed by atoms with van der Waals surface area (Å²) in [6.45, 7) is 4.23. The van der Waals surface area contributed by atoms with Gasteiger partial charge >= 0.3 is 0 Å². The number of ether oxygens (including phenoxy) is 2. The van der Waals surface area contributed by atoms with Gasteiger partial charge in [-0.3, -0.25) is 14.7 Å². The molecule has 0 fully saturated rings. The molecule has 0 saturated heterocycles. The number of benzene rings is 1. The molecule has 0 amide bonds. The summed E-state index contributed by atoms with van der Waals surface area (Å²) in [6, 6.07) is 5.92. The number of aliphatic hydroxyl groups excluding tert-OH is 1. The summed E-state index contributed by atoms with van der Waals surface area (Å²) in [6.07, 6.45) is 4.85. The Labute approximate surface area is 214 Å². The zero-order valence-corrected chi connectivity index (χ0v) is 21.5. The van der Waals surface area contributed by atoms with Gasteiger partial charge in [0.2, 0.25) is 11.8 Å². The molecule has 11 heteroatoms. The van der Waals surface area contributed by atoms with Crippen LogP contribution in [0.15, 0.2) is 24.4 Å². The van der Waals surface area contributed by atoms with E-state index >= 15 is 0 Å². The number of alkyl halides is 1. The fourth-order valence-electron chi connectivity index (χ4n) is 4.61. The minimum Gasteiger partial charge on any atom is -0.473 e. The number of H-pyrrole nitrogens is 1. The molecule has 10 nitrogen and oxygen atoms in total. The van der Waals surface area contributed by atoms with Crippen LogP contribution in [0.3, 0.4) is 0 Å². The van der Waals surface area contributed by atoms with E-state index < -0.39 is 12.8 Å². The summed E-state index contributed by atoms with van der Waals surface area (Å²) in [4.78, 5) is 1.98. The average molecular weight is 510 g/mol. The zero-order chi connectivity index (χ0) is 26.1. The van der Waals surface area contributed by atoms with E-state index in [9.17, 15) is 9.50 Å². The quantitative estimate of drug-likeness (QED) is 0.425. The molecule has 0 saturated carbocycles. The van der Waals surface area contributed by atoms with Gasteiger partial charge in [-0.05, 0) is 50.7 Å². The van der Waals surface area contributed by atoms with Crippen LogP contribution in [0.25, 0.3) is 34.2 Å². The number of hydrogen-bond acceptors (Lipinski definition) is 7. The fraction of sp³-hybridized carbons (Fsp3) is 0.423. The molecule has 196 valence electrons. The van der Waals surface area contributed by atoms with E-state index in [0.717, 1.165) is 39.0 Å². The normalized spacial score (nSPS) is 17.3. The minimum absolute atomic E-state index is 0.0733. The Bertz CT molecular complexity index is 1420. The van der Waals surface area contributed by atoms with Crippen LogP contribution in [0.1, 0.15) is 30.8 Å². The van der Waals surface area contributed by atoms with Crippen molar-refractivity contribution in [1.29, 1.82) is 0 Å². The second-order valence-corrected chi connectivity index (χ2v) is 9.56. The topological polar surface area (TPSA) is 106 Å². The van der Waals surface area contributed by atoms with Crippen LogP contribution in [-0.4, -0.2) is 78.8 Å². The van der Waals surface area contributed by atoms with Crippen LogP contribution in [0.4, 0.5) is 4.39 Å². The second kappa shape index (κ2) is 10.3. The molecule has 0 spiro atoms. The third-order valence-corrected chi connectivity index (χ3v) is 6.30. The first-order valence-corrected chi connectivity index (χ1v) is 12.3. The first kappa shape index (κ1) is 25.0. The number of halogens is 1. The molecular formula is C26H32FN7O3. The highest BCUT2D eigenvalue weighted by molar-refractivity contribution is 5.93. The van der Waals surface area contributed by atoms with Crippen molar-refractivity contribution in [3.05, 3.63) is 41.3 Å². The van der Waals surface area contributed by atoms with Gasteiger partial charge in [-0.2, -0.15) is 10.2 Å². The summed E-state index contributed by atoms with van der Waals surface area (Å²) in [5.41, 5.74) is 4.97. The Morgan fingerprint density at radius 3 is 2.86 bits per heavy atom. The van der Waals surface area contributed by atoms with Gasteiger partial charge in [-0.1, -0.05) is 6.07 Å². The van der Waals surface area contributed by atoms with Crippen LogP contribution in [0, 0.1) is 0 Å². The van der Waals surface area contributed by atoms with Crippen LogP contribution in [0.2, 0.25) is 0 Å². The summed E-state index contributed by atoms with van der Waals surface area (Å²) >= 11 is 0. The first-order valence-electron chi connectivity index (χ1n) is 12.3. The van der Waals surface area contributed by atoms with Gasteiger partial charge in [0.15, 0.2) is 0 Å². The molecule has 1 aliphatic rings. The number of aromatic nitrogens is 6. The summed E-state index contributed by atoms with van der Waals surface area (Å²) in [5, 5.41) is 27.2. The van der Waals surface area contributed by atoms with E-state index in [1.165, 1.54) is 0 Å². The van der Waals surface area contributed by atoms with E-state index in [-0.39, 0.29) is 12.7 Å². The third kappa shape index (κ3) is 4.96. The maximum Gasteiger partial charge on any atom is 0.240 e. The molecule has 1 unspecified atom stereocenters. The average Bonchev–Trinajstić information content (AvgIpc) is 3.52. The Morgan fingerprint density at radius 1 is 1.27 bits per heavy atom. The number of fused-ring (bicyclic) bond motifs is 4. The molecule has 4 heterocycles. The van der Waals surface area contributed by atoms with Gasteiger partial charge in [0.25, 0.3) is 0 Å². The molecule has 1 aliphatic heterocycles. The van der Waals surface area contributed by atoms with Crippen LogP contribution in [0.5, 0.6) is 11.8 Å². The van der Waals surface area contributed by atoms with Crippen molar-refractivity contribution in [3.63, 3.8) is 0 Å². The molecule has 0 aliphatic carbocycles. The van der Waals surface area contributed by atoms with Gasteiger partial charge in [-0.15, -0.1) is 5.10 Å². The van der Waals surface area contributed by atoms with Crippen molar-refractivity contribution in [2.45, 2.75) is 39.1 Å². The van der Waals surface area contributed by atoms with E-state index in [4.69, 9.17) is 9.47 Å². The van der Waals surface area contributed by atoms with Gasteiger partial charge in [0, 0.05) is 25.5 Å². The van der Waals surface area contributed by atoms with Crippen molar-refractivity contribution < 1.29 is 19.0 Å². The third-order valence-electron chi connectivity index (χ3n) is 6.30. The zero-order valence-electron chi connectivity index (χ0n) is 21.5. The van der Waals surface area contributed by atoms with Crippen LogP contribution >= 0.6 is 0 Å². The molecular weight excluding hydrogens is 477 g/mol. The maximum absolute atomic E-state index is 14.2. The highest BCUT2D eigenvalue weighted by Gasteiger charge is 2.24. The molecule has 37 heavy (non-hydrogen) atoms. The van der Waals surface area contributed by atoms with Crippen molar-refractivity contribution in [2.24, 2.45) is 7.05 Å². The number of hydrogen-bond donors (Lipinski definition) is 2. The summed E-state index contributed by atoms with van der Waals surface area (Å²) < 4.78 is 29.8. The van der Waals surface area contributed by atoms with E-state index in [1.807, 2.05) is 56.1 Å². The van der Waals surface area contributed by atoms with Crippen molar-refractivity contribution >= 4 is 23.1 Å². The lowest BCUT2D eigenvalue weighted by Crippen LogP contribution is -2.35. The maximum atomic E-state index is 14.2. The number of nitrogens with zero attached hydrogens (tertiary/aromatic N) is 6. The SMILES string of the molecule is CC(C)Oc1nn(CCO)c2c1/C=C/c1[nH]nc3ccc(cc13)-c1cnn(C)c1OC(CF)CN(C)C2. The number of aliphatic hydroxyl groups is 1. The Kier molecular flexibility index (Phi) is 6.98. The number of rotatable bonds is 5. The lowest BCUT2D eigenvalue weighted by molar-refractivity contribution is 0.108. The number of likely N-dealkylation sites (N-methyl/N-ethyl adjacent to an activating group) is 1. The van der Waals surface area contributed by atoms with Gasteiger partial charge in [-0.25, -0.2) is 9.07 Å². The smallest absolute Gasteiger partial charge is 0.240 e. The van der Waals surface area contributed by atoms with Gasteiger partial charge in [0.1, 0.15) is 12.8 Å². The fourth-order valence-corrected chi connectivity index (χ4v) is 4.61. The van der Waals surface area contributed by atoms with E-state index in [2.05, 4.69) is 20.4 Å². The minimum atomic E-state index is -0.711. The summed E-state index contributed by atoms with van der Waals surface area (Å²) in [7, 11) is 3.69. The van der Waals surface area contributed by atoms with Gasteiger partial charge in [0.05, 0.1) is 53.5 Å². The summed E-state index contributed by atoms with van der Waals surface area (Å²) in [5.74, 6) is 0.984. The molecule has 4 aromatic rings. The first-order chi connectivity index (χ1) is 17.9. The van der Waals surface area contributed by atoms with E-state index in [1.54, 1.807) is 22.6 Å². The predicted octanol–water partition coefficient (Wildman–Crippen LogP) is 3.27. The standard InChI is InChI=1S/C26H32FN7O3/c1-16(2)36-25-19-6-8-23-20-11-17(5-7-22(20)29-30-23)21-13-28-33(4)26(21)37-18(12-27)14-32(3)15-24(19)34(31-25)9-10-35/h5-8,11,13,16,18,35H,9-10,12,14-15H2,1-4H3,(H,29,30)/b8-6+. The predicted molar refractivity (Wildman–Crippen MR) is 139 cm³/mol. The highest BCUT2D eigenvalue weighted by atomic mass is 19.1. The largest absolute Gasteiger partial charge is 0.473 e.